The van der Waals surface area contributed by atoms with Crippen molar-refractivity contribution in [3.63, 3.8) is 0 Å². The second-order valence-corrected chi connectivity index (χ2v) is 12.0. The number of para-hydroxylation sites is 4. The van der Waals surface area contributed by atoms with Crippen LogP contribution < -0.4 is 0 Å². The lowest BCUT2D eigenvalue weighted by Crippen LogP contribution is -1.99. The Labute approximate surface area is 269 Å². The molecule has 10 rings (SSSR count). The molecular weight excluding hydrogens is 574 g/mol. The number of nitriles is 1. The maximum absolute atomic E-state index is 10.5. The molecule has 0 aliphatic carbocycles. The van der Waals surface area contributed by atoms with Gasteiger partial charge in [-0.15, -0.1) is 0 Å². The van der Waals surface area contributed by atoms with Gasteiger partial charge in [-0.1, -0.05) is 91.0 Å². The molecule has 47 heavy (non-hydrogen) atoms. The SMILES string of the molecule is N#Cc1cccc(-n2c3ccccc3c3ccccc32)c1-c1ccc2c(c1)c1ccc3c4ccccc4oc3c1n2-c1ccccc1. The highest BCUT2D eigenvalue weighted by Gasteiger charge is 2.22. The second kappa shape index (κ2) is 9.71. The van der Waals surface area contributed by atoms with Gasteiger partial charge in [-0.05, 0) is 66.2 Å². The van der Waals surface area contributed by atoms with Gasteiger partial charge >= 0.3 is 0 Å². The molecule has 0 unspecified atom stereocenters. The zero-order valence-electron chi connectivity index (χ0n) is 25.2. The predicted molar refractivity (Wildman–Crippen MR) is 193 cm³/mol. The number of furan rings is 1. The molecule has 218 valence electrons. The molecule has 0 radical (unpaired) electrons. The zero-order chi connectivity index (χ0) is 31.1. The highest BCUT2D eigenvalue weighted by atomic mass is 16.3. The fourth-order valence-corrected chi connectivity index (χ4v) is 7.59. The predicted octanol–water partition coefficient (Wildman–Crippen LogP) is 11.3. The lowest BCUT2D eigenvalue weighted by Gasteiger charge is -2.16. The summed E-state index contributed by atoms with van der Waals surface area (Å²) in [5.74, 6) is 0. The Morgan fingerprint density at radius 1 is 0.489 bits per heavy atom. The van der Waals surface area contributed by atoms with Gasteiger partial charge in [-0.25, -0.2) is 0 Å². The molecule has 0 aliphatic heterocycles. The second-order valence-electron chi connectivity index (χ2n) is 12.0. The molecule has 10 aromatic rings. The van der Waals surface area contributed by atoms with E-state index in [1.807, 2.05) is 30.3 Å². The van der Waals surface area contributed by atoms with Crippen molar-refractivity contribution in [1.82, 2.24) is 9.13 Å². The molecule has 0 saturated carbocycles. The largest absolute Gasteiger partial charge is 0.454 e. The van der Waals surface area contributed by atoms with Crippen LogP contribution in [0, 0.1) is 11.3 Å². The van der Waals surface area contributed by atoms with Gasteiger partial charge in [0.05, 0.1) is 39.4 Å². The van der Waals surface area contributed by atoms with Crippen LogP contribution in [0.15, 0.2) is 156 Å². The van der Waals surface area contributed by atoms with Gasteiger partial charge in [0.2, 0.25) is 0 Å². The van der Waals surface area contributed by atoms with Gasteiger partial charge < -0.3 is 13.6 Å². The molecule has 0 bridgehead atoms. The van der Waals surface area contributed by atoms with E-state index in [9.17, 15) is 5.26 Å². The summed E-state index contributed by atoms with van der Waals surface area (Å²) in [4.78, 5) is 0. The molecule has 0 amide bonds. The van der Waals surface area contributed by atoms with Crippen LogP contribution in [-0.4, -0.2) is 9.13 Å². The van der Waals surface area contributed by atoms with Crippen molar-refractivity contribution in [2.24, 2.45) is 0 Å². The summed E-state index contributed by atoms with van der Waals surface area (Å²) < 4.78 is 11.2. The number of rotatable bonds is 3. The first-order valence-corrected chi connectivity index (χ1v) is 15.8. The first-order valence-electron chi connectivity index (χ1n) is 15.8. The fourth-order valence-electron chi connectivity index (χ4n) is 7.59. The van der Waals surface area contributed by atoms with Crippen molar-refractivity contribution in [3.8, 4) is 28.6 Å². The Morgan fingerprint density at radius 3 is 1.91 bits per heavy atom. The molecule has 0 saturated heterocycles. The summed E-state index contributed by atoms with van der Waals surface area (Å²) in [6.45, 7) is 0. The highest BCUT2D eigenvalue weighted by Crippen LogP contribution is 2.43. The summed E-state index contributed by atoms with van der Waals surface area (Å²) in [5.41, 5.74) is 10.7. The number of hydrogen-bond acceptors (Lipinski definition) is 2. The van der Waals surface area contributed by atoms with E-state index in [2.05, 4.69) is 137 Å². The van der Waals surface area contributed by atoms with Crippen LogP contribution in [0.25, 0.3) is 88.1 Å². The first-order chi connectivity index (χ1) is 23.3. The molecule has 4 nitrogen and oxygen atoms in total. The van der Waals surface area contributed by atoms with E-state index in [0.717, 1.165) is 77.3 Å². The molecule has 4 heteroatoms. The lowest BCUT2D eigenvalue weighted by molar-refractivity contribution is 0.671. The molecular formula is C43H25N3O. The Morgan fingerprint density at radius 2 is 1.15 bits per heavy atom. The van der Waals surface area contributed by atoms with E-state index in [0.29, 0.717) is 5.56 Å². The zero-order valence-corrected chi connectivity index (χ0v) is 25.2. The minimum absolute atomic E-state index is 0.634. The first kappa shape index (κ1) is 25.7. The molecule has 0 N–H and O–H groups in total. The van der Waals surface area contributed by atoms with Crippen LogP contribution in [0.2, 0.25) is 0 Å². The lowest BCUT2D eigenvalue weighted by atomic mass is 9.96. The van der Waals surface area contributed by atoms with Crippen molar-refractivity contribution in [1.29, 1.82) is 5.26 Å². The maximum atomic E-state index is 10.5. The standard InChI is InChI=1S/C43H25N3O/c44-26-28-11-10-19-39(46-36-17-7-4-14-30(36)31-15-5-8-18-37(31)46)41(28)27-21-24-38-35(25-27)33-22-23-34-32-16-6-9-20-40(32)47-43(34)42(33)45(38)29-12-2-1-3-13-29/h1-25H. The van der Waals surface area contributed by atoms with Gasteiger partial charge in [0.25, 0.3) is 0 Å². The normalized spacial score (nSPS) is 11.8. The Kier molecular flexibility index (Phi) is 5.32. The van der Waals surface area contributed by atoms with Gasteiger partial charge in [0, 0.05) is 43.6 Å². The van der Waals surface area contributed by atoms with Gasteiger partial charge in [0.1, 0.15) is 5.58 Å². The number of nitrogens with zero attached hydrogens (tertiary/aromatic N) is 3. The van der Waals surface area contributed by atoms with E-state index >= 15 is 0 Å². The van der Waals surface area contributed by atoms with Crippen molar-refractivity contribution in [3.05, 3.63) is 157 Å². The summed E-state index contributed by atoms with van der Waals surface area (Å²) >= 11 is 0. The Hall–Kier alpha value is -6.57. The van der Waals surface area contributed by atoms with Crippen molar-refractivity contribution in [2.45, 2.75) is 0 Å². The van der Waals surface area contributed by atoms with Crippen LogP contribution in [0.1, 0.15) is 5.56 Å². The molecule has 7 aromatic carbocycles. The molecule has 0 aliphatic rings. The molecule has 0 fully saturated rings. The van der Waals surface area contributed by atoms with Crippen molar-refractivity contribution >= 4 is 65.6 Å². The minimum Gasteiger partial charge on any atom is -0.454 e. The molecule has 3 heterocycles. The topological polar surface area (TPSA) is 46.8 Å². The van der Waals surface area contributed by atoms with E-state index in [1.54, 1.807) is 0 Å². The number of aromatic nitrogens is 2. The molecule has 0 spiro atoms. The Bertz CT molecular complexity index is 2860. The monoisotopic (exact) mass is 599 g/mol. The van der Waals surface area contributed by atoms with E-state index in [1.165, 1.54) is 10.8 Å². The van der Waals surface area contributed by atoms with E-state index in [-0.39, 0.29) is 0 Å². The average molecular weight is 600 g/mol. The van der Waals surface area contributed by atoms with Crippen LogP contribution in [0.4, 0.5) is 0 Å². The maximum Gasteiger partial charge on any atom is 0.160 e. The van der Waals surface area contributed by atoms with E-state index < -0.39 is 0 Å². The van der Waals surface area contributed by atoms with Crippen LogP contribution >= 0.6 is 0 Å². The molecule has 0 atom stereocenters. The third-order valence-electron chi connectivity index (χ3n) is 9.56. The van der Waals surface area contributed by atoms with Gasteiger partial charge in [-0.3, -0.25) is 0 Å². The quantitative estimate of drug-likeness (QED) is 0.203. The van der Waals surface area contributed by atoms with Gasteiger partial charge in [0.15, 0.2) is 5.58 Å². The summed E-state index contributed by atoms with van der Waals surface area (Å²) in [6, 6.07) is 55.2. The average Bonchev–Trinajstić information content (AvgIpc) is 3.79. The number of hydrogen-bond donors (Lipinski definition) is 0. The fraction of sp³-hybridized carbons (Fsp3) is 0. The Balaban J connectivity index is 1.32. The van der Waals surface area contributed by atoms with Crippen molar-refractivity contribution < 1.29 is 4.42 Å². The van der Waals surface area contributed by atoms with E-state index in [4.69, 9.17) is 4.42 Å². The smallest absolute Gasteiger partial charge is 0.160 e. The minimum atomic E-state index is 0.634. The summed E-state index contributed by atoms with van der Waals surface area (Å²) in [7, 11) is 0. The summed E-state index contributed by atoms with van der Waals surface area (Å²) in [5, 5.41) is 17.3. The number of benzene rings is 7. The van der Waals surface area contributed by atoms with Crippen LogP contribution in [-0.2, 0) is 0 Å². The number of fused-ring (bicyclic) bond motifs is 10. The van der Waals surface area contributed by atoms with Crippen LogP contribution in [0.3, 0.4) is 0 Å². The van der Waals surface area contributed by atoms with Gasteiger partial charge in [-0.2, -0.15) is 5.26 Å². The molecule has 3 aromatic heterocycles. The highest BCUT2D eigenvalue weighted by molar-refractivity contribution is 6.22. The van der Waals surface area contributed by atoms with Crippen molar-refractivity contribution in [2.75, 3.05) is 0 Å². The third-order valence-corrected chi connectivity index (χ3v) is 9.56. The summed E-state index contributed by atoms with van der Waals surface area (Å²) in [6.07, 6.45) is 0. The van der Waals surface area contributed by atoms with Crippen LogP contribution in [0.5, 0.6) is 0 Å². The third kappa shape index (κ3) is 3.57.